The van der Waals surface area contributed by atoms with Crippen LogP contribution in [0.2, 0.25) is 5.02 Å². The number of carbonyl (C=O) groups excluding carboxylic acids is 1. The van der Waals surface area contributed by atoms with Crippen LogP contribution in [0, 0.1) is 5.92 Å². The van der Waals surface area contributed by atoms with Crippen molar-refractivity contribution in [1.82, 2.24) is 4.90 Å². The minimum Gasteiger partial charge on any atom is -0.336 e. The number of amides is 1. The first kappa shape index (κ1) is 15.3. The van der Waals surface area contributed by atoms with E-state index in [0.717, 1.165) is 5.56 Å². The van der Waals surface area contributed by atoms with E-state index in [4.69, 9.17) is 16.7 Å². The Hall–Kier alpha value is -1.11. The third kappa shape index (κ3) is 3.50. The number of benzene rings is 1. The van der Waals surface area contributed by atoms with E-state index in [1.165, 1.54) is 0 Å². The van der Waals surface area contributed by atoms with E-state index in [1.54, 1.807) is 11.0 Å². The molecule has 0 bridgehead atoms. The molecule has 1 aliphatic heterocycles. The van der Waals surface area contributed by atoms with E-state index < -0.39 is 10.0 Å². The van der Waals surface area contributed by atoms with Crippen molar-refractivity contribution in [3.05, 3.63) is 34.9 Å². The number of hydrogen-bond acceptors (Lipinski definition) is 3. The molecule has 1 fully saturated rings. The lowest BCUT2D eigenvalue weighted by molar-refractivity contribution is -0.129. The van der Waals surface area contributed by atoms with Gasteiger partial charge in [0.25, 0.3) is 0 Å². The highest BCUT2D eigenvalue weighted by molar-refractivity contribution is 7.89. The number of rotatable bonds is 4. The maximum Gasteiger partial charge on any atom is 0.223 e. The Morgan fingerprint density at radius 3 is 2.70 bits per heavy atom. The number of carbonyl (C=O) groups is 1. The van der Waals surface area contributed by atoms with E-state index in [2.05, 4.69) is 0 Å². The molecule has 1 aliphatic rings. The highest BCUT2D eigenvalue weighted by Crippen LogP contribution is 2.32. The Morgan fingerprint density at radius 1 is 1.45 bits per heavy atom. The average molecular weight is 317 g/mol. The number of nitrogens with two attached hydrogens (primary N) is 1. The maximum absolute atomic E-state index is 12.0. The second-order valence-electron chi connectivity index (χ2n) is 5.14. The smallest absolute Gasteiger partial charge is 0.223 e. The van der Waals surface area contributed by atoms with Gasteiger partial charge in [0.1, 0.15) is 0 Å². The zero-order valence-electron chi connectivity index (χ0n) is 11.1. The Kier molecular flexibility index (Phi) is 4.36. The molecule has 7 heteroatoms. The predicted octanol–water partition coefficient (Wildman–Crippen LogP) is 1.54. The van der Waals surface area contributed by atoms with Crippen molar-refractivity contribution in [2.75, 3.05) is 12.3 Å². The number of primary sulfonamides is 1. The number of likely N-dealkylation sites (tertiary alicyclic amines) is 1. The Balaban J connectivity index is 2.14. The average Bonchev–Trinajstić information content (AvgIpc) is 2.67. The van der Waals surface area contributed by atoms with Crippen molar-refractivity contribution in [1.29, 1.82) is 0 Å². The molecule has 5 nitrogen and oxygen atoms in total. The molecule has 1 amide bonds. The van der Waals surface area contributed by atoms with Crippen LogP contribution in [0.15, 0.2) is 24.3 Å². The van der Waals surface area contributed by atoms with Gasteiger partial charge in [0.2, 0.25) is 15.9 Å². The number of hydrogen-bond donors (Lipinski definition) is 1. The third-order valence-corrected chi connectivity index (χ3v) is 4.81. The topological polar surface area (TPSA) is 80.5 Å². The fourth-order valence-corrected chi connectivity index (χ4v) is 3.78. The lowest BCUT2D eigenvalue weighted by Gasteiger charge is -2.26. The van der Waals surface area contributed by atoms with Crippen LogP contribution < -0.4 is 5.14 Å². The normalized spacial score (nSPS) is 21.2. The van der Waals surface area contributed by atoms with E-state index in [-0.39, 0.29) is 30.0 Å². The Bertz CT molecular complexity index is 618. The molecule has 0 radical (unpaired) electrons. The van der Waals surface area contributed by atoms with Gasteiger partial charge >= 0.3 is 0 Å². The fourth-order valence-electron chi connectivity index (χ4n) is 2.60. The van der Waals surface area contributed by atoms with Crippen LogP contribution in [-0.2, 0) is 14.8 Å². The molecule has 0 spiro atoms. The summed E-state index contributed by atoms with van der Waals surface area (Å²) < 4.78 is 22.2. The van der Waals surface area contributed by atoms with Crippen LogP contribution in [0.5, 0.6) is 0 Å². The molecule has 1 saturated heterocycles. The first-order valence-corrected chi connectivity index (χ1v) is 8.41. The highest BCUT2D eigenvalue weighted by Gasteiger charge is 2.35. The van der Waals surface area contributed by atoms with Crippen LogP contribution in [-0.4, -0.2) is 31.5 Å². The van der Waals surface area contributed by atoms with Crippen molar-refractivity contribution < 1.29 is 13.2 Å². The van der Waals surface area contributed by atoms with Crippen molar-refractivity contribution in [3.8, 4) is 0 Å². The zero-order valence-corrected chi connectivity index (χ0v) is 12.7. The third-order valence-electron chi connectivity index (χ3n) is 3.53. The summed E-state index contributed by atoms with van der Waals surface area (Å²) in [5.74, 6) is -0.474. The maximum atomic E-state index is 12.0. The molecule has 1 aromatic carbocycles. The number of halogens is 1. The molecular formula is C13H17ClN2O3S. The summed E-state index contributed by atoms with van der Waals surface area (Å²) >= 11 is 6.13. The fraction of sp³-hybridized carbons (Fsp3) is 0.462. The lowest BCUT2D eigenvalue weighted by atomic mass is 10.1. The standard InChI is InChI=1S/C13H17ClN2O3S/c1-9(11-4-2-3-5-12(11)14)16-7-10(6-13(16)17)8-20(15,18)19/h2-5,9-10H,6-8H2,1H3,(H2,15,18,19). The summed E-state index contributed by atoms with van der Waals surface area (Å²) in [5, 5.41) is 5.64. The van der Waals surface area contributed by atoms with Crippen molar-refractivity contribution in [2.45, 2.75) is 19.4 Å². The zero-order chi connectivity index (χ0) is 14.9. The van der Waals surface area contributed by atoms with Gasteiger partial charge < -0.3 is 4.90 Å². The van der Waals surface area contributed by atoms with Gasteiger partial charge in [0.15, 0.2) is 0 Å². The van der Waals surface area contributed by atoms with Gasteiger partial charge in [-0.25, -0.2) is 13.6 Å². The molecule has 1 heterocycles. The van der Waals surface area contributed by atoms with Crippen LogP contribution in [0.1, 0.15) is 24.9 Å². The van der Waals surface area contributed by atoms with E-state index in [0.29, 0.717) is 11.6 Å². The molecular weight excluding hydrogens is 300 g/mol. The first-order chi connectivity index (χ1) is 9.28. The molecule has 0 saturated carbocycles. The Labute approximate surface area is 123 Å². The number of sulfonamides is 1. The molecule has 2 unspecified atom stereocenters. The summed E-state index contributed by atoms with van der Waals surface area (Å²) in [4.78, 5) is 13.7. The molecule has 110 valence electrons. The van der Waals surface area contributed by atoms with E-state index in [1.807, 2.05) is 25.1 Å². The van der Waals surface area contributed by atoms with Crippen LogP contribution in [0.3, 0.4) is 0 Å². The summed E-state index contributed by atoms with van der Waals surface area (Å²) in [6.45, 7) is 2.28. The summed E-state index contributed by atoms with van der Waals surface area (Å²) in [6, 6.07) is 7.15. The Morgan fingerprint density at radius 2 is 2.10 bits per heavy atom. The monoisotopic (exact) mass is 316 g/mol. The second kappa shape index (κ2) is 5.71. The number of nitrogens with zero attached hydrogens (tertiary/aromatic N) is 1. The molecule has 1 aromatic rings. The van der Waals surface area contributed by atoms with Gasteiger partial charge in [-0.05, 0) is 18.6 Å². The lowest BCUT2D eigenvalue weighted by Crippen LogP contribution is -2.30. The predicted molar refractivity (Wildman–Crippen MR) is 77.7 cm³/mol. The SMILES string of the molecule is CC(c1ccccc1Cl)N1CC(CS(N)(=O)=O)CC1=O. The van der Waals surface area contributed by atoms with E-state index in [9.17, 15) is 13.2 Å². The van der Waals surface area contributed by atoms with Gasteiger partial charge in [-0.1, -0.05) is 29.8 Å². The van der Waals surface area contributed by atoms with Crippen molar-refractivity contribution in [2.24, 2.45) is 11.1 Å². The highest BCUT2D eigenvalue weighted by atomic mass is 35.5. The second-order valence-corrected chi connectivity index (χ2v) is 7.21. The molecule has 2 rings (SSSR count). The largest absolute Gasteiger partial charge is 0.336 e. The molecule has 0 aliphatic carbocycles. The quantitative estimate of drug-likeness (QED) is 0.915. The van der Waals surface area contributed by atoms with Gasteiger partial charge in [-0.15, -0.1) is 0 Å². The van der Waals surface area contributed by atoms with E-state index >= 15 is 0 Å². The van der Waals surface area contributed by atoms with Crippen molar-refractivity contribution in [3.63, 3.8) is 0 Å². The van der Waals surface area contributed by atoms with Gasteiger partial charge in [-0.2, -0.15) is 0 Å². The summed E-state index contributed by atoms with van der Waals surface area (Å²) in [7, 11) is -3.56. The van der Waals surface area contributed by atoms with Gasteiger partial charge in [0, 0.05) is 23.9 Å². The van der Waals surface area contributed by atoms with Crippen LogP contribution in [0.25, 0.3) is 0 Å². The molecule has 20 heavy (non-hydrogen) atoms. The van der Waals surface area contributed by atoms with Crippen LogP contribution in [0.4, 0.5) is 0 Å². The molecule has 2 atom stereocenters. The van der Waals surface area contributed by atoms with Crippen molar-refractivity contribution >= 4 is 27.5 Å². The molecule has 0 aromatic heterocycles. The minimum atomic E-state index is -3.56. The van der Waals surface area contributed by atoms with Crippen LogP contribution >= 0.6 is 11.6 Å². The summed E-state index contributed by atoms with van der Waals surface area (Å²) in [5.41, 5.74) is 0.860. The summed E-state index contributed by atoms with van der Waals surface area (Å²) in [6.07, 6.45) is 0.214. The van der Waals surface area contributed by atoms with Gasteiger partial charge in [-0.3, -0.25) is 4.79 Å². The minimum absolute atomic E-state index is 0.0638. The first-order valence-electron chi connectivity index (χ1n) is 6.32. The molecule has 2 N–H and O–H groups in total. The van der Waals surface area contributed by atoms with Gasteiger partial charge in [0.05, 0.1) is 11.8 Å².